The van der Waals surface area contributed by atoms with E-state index in [9.17, 15) is 17.6 Å². The van der Waals surface area contributed by atoms with Gasteiger partial charge in [-0.2, -0.15) is 0 Å². The summed E-state index contributed by atoms with van der Waals surface area (Å²) in [6.07, 6.45) is 11.1. The second-order valence-corrected chi connectivity index (χ2v) is 15.9. The van der Waals surface area contributed by atoms with E-state index in [1.165, 1.54) is 0 Å². The quantitative estimate of drug-likeness (QED) is 0.339. The number of amides is 1. The van der Waals surface area contributed by atoms with E-state index in [0.717, 1.165) is 37.8 Å². The molecule has 0 aromatic rings. The van der Waals surface area contributed by atoms with E-state index in [1.54, 1.807) is 26.1 Å². The number of carbonyl (C=O) groups excluding carboxylic acids is 1. The maximum absolute atomic E-state index is 14.5. The lowest BCUT2D eigenvalue weighted by Crippen LogP contribution is -2.60. The summed E-state index contributed by atoms with van der Waals surface area (Å²) < 4.78 is 39.1. The lowest BCUT2D eigenvalue weighted by Gasteiger charge is -2.43. The number of hydrogen-bond acceptors (Lipinski definition) is 8. The summed E-state index contributed by atoms with van der Waals surface area (Å²) in [6.45, 7) is 8.47. The molecular formula is C29H49FN6O3S. The topological polar surface area (TPSA) is 143 Å². The van der Waals surface area contributed by atoms with Crippen LogP contribution in [-0.4, -0.2) is 79.9 Å². The van der Waals surface area contributed by atoms with Gasteiger partial charge in [-0.3, -0.25) is 9.79 Å². The average molecular weight is 581 g/mol. The van der Waals surface area contributed by atoms with Crippen molar-refractivity contribution >= 4 is 22.0 Å². The van der Waals surface area contributed by atoms with Gasteiger partial charge in [-0.1, -0.05) is 39.2 Å². The Morgan fingerprint density at radius 1 is 1.30 bits per heavy atom. The molecule has 0 radical (unpaired) electrons. The van der Waals surface area contributed by atoms with Crippen molar-refractivity contribution in [3.05, 3.63) is 23.7 Å². The van der Waals surface area contributed by atoms with Crippen LogP contribution >= 0.6 is 0 Å². The third-order valence-electron chi connectivity index (χ3n) is 9.76. The van der Waals surface area contributed by atoms with E-state index in [2.05, 4.69) is 35.5 Å². The molecule has 0 aromatic carbocycles. The van der Waals surface area contributed by atoms with Gasteiger partial charge < -0.3 is 27.0 Å². The van der Waals surface area contributed by atoms with Gasteiger partial charge in [-0.05, 0) is 56.9 Å². The van der Waals surface area contributed by atoms with Gasteiger partial charge in [0.1, 0.15) is 11.9 Å². The van der Waals surface area contributed by atoms with Crippen molar-refractivity contribution in [3.63, 3.8) is 0 Å². The van der Waals surface area contributed by atoms with Crippen LogP contribution in [0.1, 0.15) is 72.6 Å². The van der Waals surface area contributed by atoms with Crippen molar-refractivity contribution in [2.45, 2.75) is 102 Å². The van der Waals surface area contributed by atoms with Gasteiger partial charge in [0.15, 0.2) is 9.84 Å². The Labute approximate surface area is 239 Å². The van der Waals surface area contributed by atoms with E-state index < -0.39 is 32.7 Å². The summed E-state index contributed by atoms with van der Waals surface area (Å²) in [6, 6.07) is -0.986. The van der Waals surface area contributed by atoms with Crippen LogP contribution in [0.15, 0.2) is 28.7 Å². The number of carbonyl (C=O) groups is 1. The highest BCUT2D eigenvalue weighted by Gasteiger charge is 2.44. The molecule has 1 aliphatic carbocycles. The number of nitrogens with zero attached hydrogens (tertiary/aromatic N) is 2. The Balaban J connectivity index is 1.59. The zero-order chi connectivity index (χ0) is 29.3. The molecule has 9 nitrogen and oxygen atoms in total. The number of sulfone groups is 1. The molecule has 11 heteroatoms. The minimum absolute atomic E-state index is 0.0429. The molecule has 40 heavy (non-hydrogen) atoms. The number of dihydropyridines is 1. The zero-order valence-corrected chi connectivity index (χ0v) is 25.4. The molecule has 1 spiro atoms. The number of allylic oxidation sites excluding steroid dienone is 1. The molecule has 6 N–H and O–H groups in total. The van der Waals surface area contributed by atoms with Crippen LogP contribution in [0, 0.1) is 17.3 Å². The molecule has 5 atom stereocenters. The molecular weight excluding hydrogens is 531 g/mol. The number of nitrogens with one attached hydrogen (secondary N) is 2. The predicted octanol–water partition coefficient (Wildman–Crippen LogP) is 2.39. The first-order chi connectivity index (χ1) is 18.8. The maximum atomic E-state index is 14.5. The molecule has 2 fully saturated rings. The van der Waals surface area contributed by atoms with Crippen molar-refractivity contribution in [2.24, 2.45) is 33.7 Å². The van der Waals surface area contributed by atoms with Gasteiger partial charge in [-0.15, -0.1) is 0 Å². The second-order valence-electron chi connectivity index (χ2n) is 13.1. The first-order valence-electron chi connectivity index (χ1n) is 14.9. The molecule has 3 aliphatic heterocycles. The van der Waals surface area contributed by atoms with Crippen LogP contribution in [0.4, 0.5) is 4.39 Å². The maximum Gasteiger partial charge on any atom is 0.228 e. The fourth-order valence-corrected chi connectivity index (χ4v) is 8.19. The SMILES string of the molecule is CCC(C)C1C=C(N2CCS(=O)(=O)C(C)(C)C2)C(NC(=O)C(C(N)N)C2CC3(C/C=C(/F)CN2)CCCC3)C=N1. The number of hydrogen-bond donors (Lipinski definition) is 4. The third-order valence-corrected chi connectivity index (χ3v) is 12.3. The van der Waals surface area contributed by atoms with E-state index >= 15 is 0 Å². The van der Waals surface area contributed by atoms with Crippen LogP contribution < -0.4 is 22.1 Å². The number of nitrogens with two attached hydrogens (primary N) is 2. The van der Waals surface area contributed by atoms with Crippen molar-refractivity contribution in [1.29, 1.82) is 0 Å². The predicted molar refractivity (Wildman–Crippen MR) is 158 cm³/mol. The zero-order valence-electron chi connectivity index (χ0n) is 24.5. The molecule has 1 amide bonds. The standard InChI is InChI=1S/C29H49FN6O3S/c1-5-19(2)21-14-24(36-12-13-40(38,39)28(3,4)18-36)23(17-34-21)35-27(37)25(26(31)32)22-15-29(9-6-7-10-29)11-8-20(30)16-33-22/h8,14,17,19,21-23,25-26,33H,5-7,9-13,15-16,18,31-32H2,1-4H3,(H,35,37)/b20-8+. The summed E-state index contributed by atoms with van der Waals surface area (Å²) in [7, 11) is -3.24. The van der Waals surface area contributed by atoms with Crippen LogP contribution in [0.3, 0.4) is 0 Å². The van der Waals surface area contributed by atoms with Gasteiger partial charge in [0, 0.05) is 37.6 Å². The second kappa shape index (κ2) is 12.2. The summed E-state index contributed by atoms with van der Waals surface area (Å²) in [4.78, 5) is 20.8. The fourth-order valence-electron chi connectivity index (χ4n) is 6.83. The number of halogens is 1. The Kier molecular flexibility index (Phi) is 9.49. The number of rotatable bonds is 7. The molecule has 1 saturated carbocycles. The first-order valence-corrected chi connectivity index (χ1v) is 16.5. The van der Waals surface area contributed by atoms with E-state index in [1.807, 2.05) is 0 Å². The lowest BCUT2D eigenvalue weighted by atomic mass is 9.73. The molecule has 1 saturated heterocycles. The Morgan fingerprint density at radius 3 is 2.62 bits per heavy atom. The molecule has 4 rings (SSSR count). The summed E-state index contributed by atoms with van der Waals surface area (Å²) >= 11 is 0. The average Bonchev–Trinajstić information content (AvgIpc) is 3.35. The highest BCUT2D eigenvalue weighted by Crippen LogP contribution is 2.47. The Hall–Kier alpha value is -1.82. The van der Waals surface area contributed by atoms with Crippen LogP contribution in [0.25, 0.3) is 0 Å². The van der Waals surface area contributed by atoms with Gasteiger partial charge in [0.2, 0.25) is 5.91 Å². The summed E-state index contributed by atoms with van der Waals surface area (Å²) in [5.41, 5.74) is 13.3. The molecule has 0 bridgehead atoms. The highest BCUT2D eigenvalue weighted by atomic mass is 32.2. The van der Waals surface area contributed by atoms with E-state index in [4.69, 9.17) is 16.5 Å². The molecule has 5 unspecified atom stereocenters. The van der Waals surface area contributed by atoms with Crippen molar-refractivity contribution < 1.29 is 17.6 Å². The third kappa shape index (κ3) is 6.63. The van der Waals surface area contributed by atoms with Gasteiger partial charge >= 0.3 is 0 Å². The van der Waals surface area contributed by atoms with Crippen molar-refractivity contribution in [1.82, 2.24) is 15.5 Å². The lowest BCUT2D eigenvalue weighted by molar-refractivity contribution is -0.127. The smallest absolute Gasteiger partial charge is 0.228 e. The number of aliphatic imine (C=N–C) groups is 1. The minimum atomic E-state index is -3.24. The molecule has 0 aromatic heterocycles. The summed E-state index contributed by atoms with van der Waals surface area (Å²) in [5, 5.41) is 6.40. The van der Waals surface area contributed by atoms with Crippen LogP contribution in [0.5, 0.6) is 0 Å². The van der Waals surface area contributed by atoms with Crippen molar-refractivity contribution in [3.8, 4) is 0 Å². The largest absolute Gasteiger partial charge is 0.370 e. The summed E-state index contributed by atoms with van der Waals surface area (Å²) in [5.74, 6) is -0.960. The molecule has 226 valence electrons. The van der Waals surface area contributed by atoms with Gasteiger partial charge in [-0.25, -0.2) is 12.8 Å². The van der Waals surface area contributed by atoms with Crippen LogP contribution in [0.2, 0.25) is 0 Å². The van der Waals surface area contributed by atoms with E-state index in [-0.39, 0.29) is 41.5 Å². The van der Waals surface area contributed by atoms with Gasteiger partial charge in [0.25, 0.3) is 0 Å². The first kappa shape index (κ1) is 31.1. The minimum Gasteiger partial charge on any atom is -0.370 e. The van der Waals surface area contributed by atoms with Crippen molar-refractivity contribution in [2.75, 3.05) is 25.4 Å². The molecule has 3 heterocycles. The normalized spacial score (nSPS) is 32.5. The monoisotopic (exact) mass is 580 g/mol. The Bertz CT molecular complexity index is 1130. The van der Waals surface area contributed by atoms with Crippen LogP contribution in [-0.2, 0) is 14.6 Å². The van der Waals surface area contributed by atoms with E-state index in [0.29, 0.717) is 31.8 Å². The highest BCUT2D eigenvalue weighted by molar-refractivity contribution is 7.92. The fraction of sp³-hybridized carbons (Fsp3) is 0.793. The Morgan fingerprint density at radius 2 is 2.00 bits per heavy atom. The molecule has 4 aliphatic rings. The van der Waals surface area contributed by atoms with Gasteiger partial charge in [0.05, 0.1) is 28.6 Å².